The monoisotopic (exact) mass is 535 g/mol. The van der Waals surface area contributed by atoms with Crippen LogP contribution in [0.5, 0.6) is 0 Å². The molecule has 4 aromatic rings. The number of amides is 3. The lowest BCUT2D eigenvalue weighted by Gasteiger charge is -2.21. The topological polar surface area (TPSA) is 79.3 Å². The summed E-state index contributed by atoms with van der Waals surface area (Å²) in [5.41, 5.74) is 2.71. The Morgan fingerprint density at radius 1 is 0.971 bits per heavy atom. The molecule has 0 unspecified atom stereocenters. The number of aromatic nitrogens is 2. The fraction of sp³-hybridized carbons (Fsp3) is 0.115. The van der Waals surface area contributed by atoms with E-state index in [1.165, 1.54) is 21.7 Å². The third-order valence-corrected chi connectivity index (χ3v) is 5.93. The van der Waals surface area contributed by atoms with Crippen molar-refractivity contribution >= 4 is 39.4 Å². The molecule has 0 saturated heterocycles. The molecule has 0 spiro atoms. The van der Waals surface area contributed by atoms with Gasteiger partial charge in [0.05, 0.1) is 17.1 Å². The van der Waals surface area contributed by atoms with Crippen molar-refractivity contribution in [2.75, 3.05) is 23.7 Å². The van der Waals surface area contributed by atoms with Crippen LogP contribution in [0.25, 0.3) is 16.9 Å². The molecule has 0 bridgehead atoms. The summed E-state index contributed by atoms with van der Waals surface area (Å²) >= 11 is 3.40. The molecule has 7 nitrogen and oxygen atoms in total. The first-order valence-electron chi connectivity index (χ1n) is 11.0. The van der Waals surface area contributed by atoms with E-state index in [1.54, 1.807) is 31.2 Å². The largest absolute Gasteiger partial charge is 0.322 e. The van der Waals surface area contributed by atoms with Gasteiger partial charge in [0.25, 0.3) is 0 Å². The van der Waals surface area contributed by atoms with Gasteiger partial charge in [-0.15, -0.1) is 0 Å². The average molecular weight is 536 g/mol. The number of urea groups is 1. The van der Waals surface area contributed by atoms with Gasteiger partial charge in [-0.05, 0) is 59.3 Å². The summed E-state index contributed by atoms with van der Waals surface area (Å²) in [4.78, 5) is 27.1. The molecule has 178 valence electrons. The third kappa shape index (κ3) is 5.93. The number of benzene rings is 3. The lowest BCUT2D eigenvalue weighted by Crippen LogP contribution is -2.40. The Labute approximate surface area is 210 Å². The van der Waals surface area contributed by atoms with Crippen LogP contribution in [-0.2, 0) is 4.79 Å². The van der Waals surface area contributed by atoms with E-state index in [0.717, 1.165) is 10.0 Å². The van der Waals surface area contributed by atoms with Crippen molar-refractivity contribution in [1.29, 1.82) is 0 Å². The maximum absolute atomic E-state index is 13.5. The first-order valence-corrected chi connectivity index (χ1v) is 11.8. The van der Waals surface area contributed by atoms with Crippen LogP contribution in [0.2, 0.25) is 0 Å². The van der Waals surface area contributed by atoms with Crippen molar-refractivity contribution in [2.45, 2.75) is 6.92 Å². The van der Waals surface area contributed by atoms with Crippen LogP contribution in [0, 0.1) is 5.82 Å². The molecule has 0 aliphatic carbocycles. The number of hydrogen-bond acceptors (Lipinski definition) is 3. The second-order valence-electron chi connectivity index (χ2n) is 7.64. The van der Waals surface area contributed by atoms with Crippen LogP contribution in [0.15, 0.2) is 89.4 Å². The molecule has 1 heterocycles. The van der Waals surface area contributed by atoms with Crippen molar-refractivity contribution in [2.24, 2.45) is 0 Å². The molecular weight excluding hydrogens is 513 g/mol. The predicted molar refractivity (Wildman–Crippen MR) is 138 cm³/mol. The highest BCUT2D eigenvalue weighted by molar-refractivity contribution is 9.10. The number of rotatable bonds is 7. The number of likely N-dealkylation sites (N-methyl/N-ethyl adjacent to an activating group) is 1. The van der Waals surface area contributed by atoms with Gasteiger partial charge in [-0.2, -0.15) is 5.10 Å². The lowest BCUT2D eigenvalue weighted by atomic mass is 10.1. The Morgan fingerprint density at radius 2 is 1.66 bits per heavy atom. The fourth-order valence-corrected chi connectivity index (χ4v) is 3.82. The summed E-state index contributed by atoms with van der Waals surface area (Å²) in [6, 6.07) is 23.9. The van der Waals surface area contributed by atoms with Crippen LogP contribution in [-0.4, -0.2) is 39.7 Å². The molecule has 2 N–H and O–H groups in total. The van der Waals surface area contributed by atoms with Gasteiger partial charge < -0.3 is 15.5 Å². The van der Waals surface area contributed by atoms with Gasteiger partial charge >= 0.3 is 6.03 Å². The van der Waals surface area contributed by atoms with E-state index in [9.17, 15) is 14.0 Å². The number of anilines is 2. The highest BCUT2D eigenvalue weighted by atomic mass is 79.9. The van der Waals surface area contributed by atoms with Gasteiger partial charge in [0.2, 0.25) is 5.91 Å². The maximum Gasteiger partial charge on any atom is 0.322 e. The number of carbonyl (C=O) groups excluding carboxylic acids is 2. The summed E-state index contributed by atoms with van der Waals surface area (Å²) in [5.74, 6) is -0.357. The van der Waals surface area contributed by atoms with Crippen LogP contribution in [0.1, 0.15) is 6.92 Å². The number of para-hydroxylation sites is 1. The average Bonchev–Trinajstić information content (AvgIpc) is 3.28. The van der Waals surface area contributed by atoms with Crippen LogP contribution in [0.3, 0.4) is 0 Å². The quantitative estimate of drug-likeness (QED) is 0.307. The van der Waals surface area contributed by atoms with Crippen molar-refractivity contribution in [3.05, 3.63) is 95.2 Å². The van der Waals surface area contributed by atoms with E-state index in [-0.39, 0.29) is 12.4 Å². The Hall–Kier alpha value is -3.98. The minimum absolute atomic E-state index is 0.165. The third-order valence-electron chi connectivity index (χ3n) is 5.24. The van der Waals surface area contributed by atoms with Crippen molar-refractivity contribution in [3.8, 4) is 16.9 Å². The second kappa shape index (κ2) is 11.0. The van der Waals surface area contributed by atoms with Gasteiger partial charge in [-0.3, -0.25) is 4.79 Å². The van der Waals surface area contributed by atoms with Gasteiger partial charge in [0, 0.05) is 22.6 Å². The normalized spacial score (nSPS) is 10.6. The molecule has 0 radical (unpaired) electrons. The molecule has 0 atom stereocenters. The van der Waals surface area contributed by atoms with E-state index in [1.807, 2.05) is 48.5 Å². The Balaban J connectivity index is 1.54. The Kier molecular flexibility index (Phi) is 7.57. The summed E-state index contributed by atoms with van der Waals surface area (Å²) in [5, 5.41) is 10.3. The zero-order chi connectivity index (χ0) is 24.8. The minimum atomic E-state index is -0.397. The van der Waals surface area contributed by atoms with Gasteiger partial charge in [0.15, 0.2) is 0 Å². The molecule has 4 rings (SSSR count). The SMILES string of the molecule is CCN(CC(=O)Nc1cc(-c2ccccc2)nn1-c1ccc(F)cc1)C(=O)Nc1ccccc1Br. The van der Waals surface area contributed by atoms with E-state index >= 15 is 0 Å². The molecule has 3 amide bonds. The minimum Gasteiger partial charge on any atom is -0.315 e. The Morgan fingerprint density at radius 3 is 2.34 bits per heavy atom. The van der Waals surface area contributed by atoms with Crippen LogP contribution >= 0.6 is 15.9 Å². The number of hydrogen-bond donors (Lipinski definition) is 2. The van der Waals surface area contributed by atoms with Crippen LogP contribution < -0.4 is 10.6 Å². The van der Waals surface area contributed by atoms with E-state index < -0.39 is 11.9 Å². The Bertz CT molecular complexity index is 1330. The van der Waals surface area contributed by atoms with Crippen molar-refractivity contribution < 1.29 is 14.0 Å². The van der Waals surface area contributed by atoms with Gasteiger partial charge in [-0.25, -0.2) is 13.9 Å². The summed E-state index contributed by atoms with van der Waals surface area (Å²) in [6.07, 6.45) is 0. The standard InChI is InChI=1S/C26H23BrFN5O2/c1-2-32(26(35)29-22-11-7-6-10-21(22)27)17-25(34)30-24-16-23(18-8-4-3-5-9-18)31-33(24)20-14-12-19(28)13-15-20/h3-16H,2,17H2,1H3,(H,29,35)(H,30,34). The van der Waals surface area contributed by atoms with Gasteiger partial charge in [-0.1, -0.05) is 42.5 Å². The van der Waals surface area contributed by atoms with Crippen LogP contribution in [0.4, 0.5) is 20.7 Å². The number of carbonyl (C=O) groups is 2. The molecule has 3 aromatic carbocycles. The first kappa shape index (κ1) is 24.2. The first-order chi connectivity index (χ1) is 16.9. The molecule has 0 saturated carbocycles. The number of nitrogens with zero attached hydrogens (tertiary/aromatic N) is 3. The molecule has 35 heavy (non-hydrogen) atoms. The number of halogens is 2. The van der Waals surface area contributed by atoms with E-state index in [0.29, 0.717) is 29.4 Å². The highest BCUT2D eigenvalue weighted by Gasteiger charge is 2.19. The highest BCUT2D eigenvalue weighted by Crippen LogP contribution is 2.25. The zero-order valence-electron chi connectivity index (χ0n) is 18.9. The molecular formula is C26H23BrFN5O2. The van der Waals surface area contributed by atoms with E-state index in [2.05, 4.69) is 31.7 Å². The van der Waals surface area contributed by atoms with Crippen molar-refractivity contribution in [3.63, 3.8) is 0 Å². The smallest absolute Gasteiger partial charge is 0.315 e. The second-order valence-corrected chi connectivity index (χ2v) is 8.50. The zero-order valence-corrected chi connectivity index (χ0v) is 20.5. The summed E-state index contributed by atoms with van der Waals surface area (Å²) in [7, 11) is 0. The summed E-state index contributed by atoms with van der Waals surface area (Å²) in [6.45, 7) is 1.96. The van der Waals surface area contributed by atoms with E-state index in [4.69, 9.17) is 0 Å². The molecule has 9 heteroatoms. The molecule has 0 aliphatic heterocycles. The van der Waals surface area contributed by atoms with Gasteiger partial charge in [0.1, 0.15) is 18.2 Å². The molecule has 0 fully saturated rings. The number of nitrogens with one attached hydrogen (secondary N) is 2. The maximum atomic E-state index is 13.5. The van der Waals surface area contributed by atoms with Crippen molar-refractivity contribution in [1.82, 2.24) is 14.7 Å². The molecule has 1 aromatic heterocycles. The summed E-state index contributed by atoms with van der Waals surface area (Å²) < 4.78 is 15.8. The fourth-order valence-electron chi connectivity index (χ4n) is 3.44. The molecule has 0 aliphatic rings. The predicted octanol–water partition coefficient (Wildman–Crippen LogP) is 5.93. The lowest BCUT2D eigenvalue weighted by molar-refractivity contribution is -0.116.